The quantitative estimate of drug-likeness (QED) is 0.401. The van der Waals surface area contributed by atoms with E-state index in [9.17, 15) is 9.90 Å². The molecule has 0 aromatic carbocycles. The first-order chi connectivity index (χ1) is 11.4. The first-order valence-electron chi connectivity index (χ1n) is 8.96. The van der Waals surface area contributed by atoms with Crippen LogP contribution in [0.25, 0.3) is 0 Å². The molecule has 4 atom stereocenters. The molecule has 0 radical (unpaired) electrons. The lowest BCUT2D eigenvalue weighted by Gasteiger charge is -2.43. The molecule has 0 bridgehead atoms. The number of hydrogen-bond donors (Lipinski definition) is 1. The molecule has 3 nitrogen and oxygen atoms in total. The third-order valence-electron chi connectivity index (χ3n) is 5.41. The van der Waals surface area contributed by atoms with Gasteiger partial charge in [-0.3, -0.25) is 4.79 Å². The SMILES string of the molecule is C=C[C@]1(C)CC[C@@H](C(=C)C=C[C@H](OC(C)=O)C(C)(C)O)C[C@H]1C(=C)C. The minimum Gasteiger partial charge on any atom is -0.455 e. The van der Waals surface area contributed by atoms with Crippen LogP contribution in [-0.4, -0.2) is 22.8 Å². The molecular formula is C22H34O3. The molecule has 0 saturated heterocycles. The van der Waals surface area contributed by atoms with Gasteiger partial charge >= 0.3 is 5.97 Å². The van der Waals surface area contributed by atoms with Crippen LogP contribution in [-0.2, 0) is 9.53 Å². The molecule has 0 unspecified atom stereocenters. The molecule has 3 heteroatoms. The predicted molar refractivity (Wildman–Crippen MR) is 104 cm³/mol. The van der Waals surface area contributed by atoms with Crippen molar-refractivity contribution in [2.24, 2.45) is 17.3 Å². The zero-order valence-electron chi connectivity index (χ0n) is 16.5. The lowest BCUT2D eigenvalue weighted by atomic mass is 9.61. The Morgan fingerprint density at radius 3 is 2.40 bits per heavy atom. The second-order valence-electron chi connectivity index (χ2n) is 8.20. The Hall–Kier alpha value is -1.61. The maximum absolute atomic E-state index is 11.3. The molecule has 0 aromatic heterocycles. The second kappa shape index (κ2) is 8.18. The third-order valence-corrected chi connectivity index (χ3v) is 5.41. The van der Waals surface area contributed by atoms with E-state index in [-0.39, 0.29) is 5.41 Å². The lowest BCUT2D eigenvalue weighted by molar-refractivity contribution is -0.154. The van der Waals surface area contributed by atoms with Crippen molar-refractivity contribution in [3.8, 4) is 0 Å². The van der Waals surface area contributed by atoms with Crippen LogP contribution >= 0.6 is 0 Å². The number of allylic oxidation sites excluding steroid dienone is 4. The van der Waals surface area contributed by atoms with E-state index in [1.165, 1.54) is 12.5 Å². The van der Waals surface area contributed by atoms with Gasteiger partial charge in [0.15, 0.2) is 0 Å². The van der Waals surface area contributed by atoms with Crippen molar-refractivity contribution in [1.82, 2.24) is 0 Å². The molecule has 140 valence electrons. The number of carbonyl (C=O) groups excluding carboxylic acids is 1. The molecular weight excluding hydrogens is 312 g/mol. The molecule has 1 saturated carbocycles. The van der Waals surface area contributed by atoms with Gasteiger partial charge in [0.25, 0.3) is 0 Å². The van der Waals surface area contributed by atoms with Crippen LogP contribution in [0.3, 0.4) is 0 Å². The summed E-state index contributed by atoms with van der Waals surface area (Å²) >= 11 is 0. The van der Waals surface area contributed by atoms with Gasteiger partial charge in [-0.2, -0.15) is 0 Å². The van der Waals surface area contributed by atoms with Crippen molar-refractivity contribution in [1.29, 1.82) is 0 Å². The predicted octanol–water partition coefficient (Wildman–Crippen LogP) is 4.99. The van der Waals surface area contributed by atoms with Gasteiger partial charge in [-0.25, -0.2) is 0 Å². The molecule has 1 fully saturated rings. The van der Waals surface area contributed by atoms with Crippen LogP contribution in [0.4, 0.5) is 0 Å². The second-order valence-corrected chi connectivity index (χ2v) is 8.20. The topological polar surface area (TPSA) is 46.5 Å². The average Bonchev–Trinajstić information content (AvgIpc) is 2.49. The Bertz CT molecular complexity index is 564. The van der Waals surface area contributed by atoms with Gasteiger partial charge in [-0.1, -0.05) is 43.4 Å². The zero-order chi connectivity index (χ0) is 19.4. The number of rotatable bonds is 7. The van der Waals surface area contributed by atoms with Crippen molar-refractivity contribution in [2.45, 2.75) is 65.6 Å². The fourth-order valence-corrected chi connectivity index (χ4v) is 3.62. The molecule has 0 heterocycles. The summed E-state index contributed by atoms with van der Waals surface area (Å²) in [7, 11) is 0. The van der Waals surface area contributed by atoms with E-state index in [1.807, 2.05) is 6.08 Å². The highest BCUT2D eigenvalue weighted by molar-refractivity contribution is 5.66. The van der Waals surface area contributed by atoms with Crippen LogP contribution in [0.5, 0.6) is 0 Å². The van der Waals surface area contributed by atoms with Gasteiger partial charge < -0.3 is 9.84 Å². The lowest BCUT2D eigenvalue weighted by Crippen LogP contribution is -2.38. The number of esters is 1. The largest absolute Gasteiger partial charge is 0.455 e. The Labute approximate surface area is 153 Å². The van der Waals surface area contributed by atoms with Crippen LogP contribution < -0.4 is 0 Å². The number of carbonyl (C=O) groups is 1. The van der Waals surface area contributed by atoms with Crippen molar-refractivity contribution in [3.05, 3.63) is 49.1 Å². The normalized spacial score (nSPS) is 28.4. The molecule has 1 aliphatic carbocycles. The molecule has 0 aliphatic heterocycles. The van der Waals surface area contributed by atoms with E-state index in [2.05, 4.69) is 39.7 Å². The van der Waals surface area contributed by atoms with Gasteiger partial charge in [0.2, 0.25) is 0 Å². The Morgan fingerprint density at radius 1 is 1.36 bits per heavy atom. The van der Waals surface area contributed by atoms with E-state index in [1.54, 1.807) is 19.9 Å². The summed E-state index contributed by atoms with van der Waals surface area (Å²) in [6.07, 6.45) is 8.07. The highest BCUT2D eigenvalue weighted by atomic mass is 16.6. The van der Waals surface area contributed by atoms with Crippen LogP contribution in [0.2, 0.25) is 0 Å². The Kier molecular flexibility index (Phi) is 7.01. The highest BCUT2D eigenvalue weighted by Crippen LogP contribution is 2.48. The Morgan fingerprint density at radius 2 is 1.96 bits per heavy atom. The minimum absolute atomic E-state index is 0.0830. The molecule has 0 amide bonds. The maximum atomic E-state index is 11.3. The van der Waals surface area contributed by atoms with Gasteiger partial charge in [0.05, 0.1) is 5.60 Å². The standard InChI is InChI=1S/C22H34O3/c1-9-22(8)13-12-18(14-19(22)15(2)3)16(4)10-11-20(21(6,7)24)25-17(5)23/h9-11,18-20,24H,1-2,4,12-14H2,3,5-8H3/t18-,19+,20+,22-/m1/s1. The fourth-order valence-electron chi connectivity index (χ4n) is 3.62. The van der Waals surface area contributed by atoms with E-state index >= 15 is 0 Å². The first-order valence-corrected chi connectivity index (χ1v) is 8.96. The monoisotopic (exact) mass is 346 g/mol. The van der Waals surface area contributed by atoms with Gasteiger partial charge in [0.1, 0.15) is 6.10 Å². The van der Waals surface area contributed by atoms with Crippen LogP contribution in [0, 0.1) is 17.3 Å². The smallest absolute Gasteiger partial charge is 0.303 e. The minimum atomic E-state index is -1.14. The first kappa shape index (κ1) is 21.4. The average molecular weight is 347 g/mol. The van der Waals surface area contributed by atoms with Crippen molar-refractivity contribution >= 4 is 5.97 Å². The summed E-state index contributed by atoms with van der Waals surface area (Å²) in [4.78, 5) is 11.3. The summed E-state index contributed by atoms with van der Waals surface area (Å²) in [5.74, 6) is 0.322. The third kappa shape index (κ3) is 5.71. The number of aliphatic hydroxyl groups is 1. The van der Waals surface area contributed by atoms with E-state index in [4.69, 9.17) is 4.74 Å². The molecule has 0 spiro atoms. The van der Waals surface area contributed by atoms with Gasteiger partial charge in [-0.05, 0) is 63.4 Å². The number of ether oxygens (including phenoxy) is 1. The molecule has 1 aliphatic rings. The summed E-state index contributed by atoms with van der Waals surface area (Å²) in [6.45, 7) is 21.3. The maximum Gasteiger partial charge on any atom is 0.303 e. The van der Waals surface area contributed by atoms with E-state index in [0.29, 0.717) is 11.8 Å². The molecule has 25 heavy (non-hydrogen) atoms. The summed E-state index contributed by atoms with van der Waals surface area (Å²) in [5, 5.41) is 10.2. The van der Waals surface area contributed by atoms with Crippen LogP contribution in [0.15, 0.2) is 49.1 Å². The van der Waals surface area contributed by atoms with Gasteiger partial charge in [-0.15, -0.1) is 6.58 Å². The van der Waals surface area contributed by atoms with Crippen molar-refractivity contribution < 1.29 is 14.6 Å². The fraction of sp³-hybridized carbons (Fsp3) is 0.591. The molecule has 0 aromatic rings. The van der Waals surface area contributed by atoms with E-state index < -0.39 is 17.7 Å². The van der Waals surface area contributed by atoms with Gasteiger partial charge in [0, 0.05) is 6.92 Å². The van der Waals surface area contributed by atoms with Crippen molar-refractivity contribution in [3.63, 3.8) is 0 Å². The highest BCUT2D eigenvalue weighted by Gasteiger charge is 2.38. The summed E-state index contributed by atoms with van der Waals surface area (Å²) in [5.41, 5.74) is 1.12. The Balaban J connectivity index is 2.88. The summed E-state index contributed by atoms with van der Waals surface area (Å²) < 4.78 is 5.22. The summed E-state index contributed by atoms with van der Waals surface area (Å²) in [6, 6.07) is 0. The zero-order valence-corrected chi connectivity index (χ0v) is 16.5. The van der Waals surface area contributed by atoms with Crippen molar-refractivity contribution in [2.75, 3.05) is 0 Å². The molecule has 1 rings (SSSR count). The number of hydrogen-bond acceptors (Lipinski definition) is 3. The van der Waals surface area contributed by atoms with E-state index in [0.717, 1.165) is 24.8 Å². The molecule has 1 N–H and O–H groups in total. The van der Waals surface area contributed by atoms with Crippen LogP contribution in [0.1, 0.15) is 53.9 Å².